The number of hydrogen-bond acceptors (Lipinski definition) is 7. The molecule has 0 bridgehead atoms. The Kier molecular flexibility index (Phi) is 35.2. The van der Waals surface area contributed by atoms with Crippen LogP contribution in [0.2, 0.25) is 0 Å². The molecular weight excluding hydrogens is 696 g/mol. The van der Waals surface area contributed by atoms with Gasteiger partial charge in [0.15, 0.2) is 0 Å². The van der Waals surface area contributed by atoms with Crippen LogP contribution in [0.5, 0.6) is 0 Å². The number of benzene rings is 1. The second-order valence-corrected chi connectivity index (χ2v) is 15.6. The molecule has 7 nitrogen and oxygen atoms in total. The Morgan fingerprint density at radius 3 is 1.17 bits per heavy atom. The smallest absolute Gasteiger partial charge is 0.744 e. The summed E-state index contributed by atoms with van der Waals surface area (Å²) in [6.45, 7) is 4.71. The molecule has 0 fully saturated rings. The molecule has 0 saturated heterocycles. The Balaban J connectivity index is 0.0000270. The molecule has 0 unspecified atom stereocenters. The summed E-state index contributed by atoms with van der Waals surface area (Å²) in [5.41, 5.74) is -0.339. The van der Waals surface area contributed by atoms with Crippen molar-refractivity contribution >= 4 is 22.1 Å². The third-order valence-corrected chi connectivity index (χ3v) is 10.4. The van der Waals surface area contributed by atoms with E-state index in [1.807, 2.05) is 0 Å². The van der Waals surface area contributed by atoms with Gasteiger partial charge in [-0.3, -0.25) is 0 Å². The molecule has 0 heterocycles. The molecule has 1 aromatic rings. The van der Waals surface area contributed by atoms with Crippen molar-refractivity contribution in [3.63, 3.8) is 0 Å². The molecule has 0 atom stereocenters. The van der Waals surface area contributed by atoms with Gasteiger partial charge in [0.05, 0.1) is 29.2 Å². The van der Waals surface area contributed by atoms with Gasteiger partial charge in [-0.2, -0.15) is 0 Å². The maximum absolute atomic E-state index is 12.9. The first kappa shape index (κ1) is 51.5. The van der Waals surface area contributed by atoms with E-state index >= 15 is 0 Å². The van der Waals surface area contributed by atoms with Gasteiger partial charge in [0.25, 0.3) is 0 Å². The van der Waals surface area contributed by atoms with Crippen LogP contribution >= 0.6 is 0 Å². The molecule has 1 aromatic carbocycles. The van der Waals surface area contributed by atoms with Crippen LogP contribution in [0.1, 0.15) is 214 Å². The zero-order chi connectivity index (χ0) is 38.0. The summed E-state index contributed by atoms with van der Waals surface area (Å²) in [4.78, 5) is 25.2. The molecule has 9 heteroatoms. The topological polar surface area (TPSA) is 110 Å². The Labute approximate surface area is 347 Å². The normalized spacial score (nSPS) is 11.7. The minimum Gasteiger partial charge on any atom is -0.744 e. The summed E-state index contributed by atoms with van der Waals surface area (Å²) in [5.74, 6) is -1.55. The van der Waals surface area contributed by atoms with E-state index in [4.69, 9.17) is 9.47 Å². The van der Waals surface area contributed by atoms with Crippen LogP contribution in [0, 0.1) is 0 Å². The van der Waals surface area contributed by atoms with E-state index in [2.05, 4.69) is 38.2 Å². The predicted molar refractivity (Wildman–Crippen MR) is 214 cm³/mol. The standard InChI is InChI=1S/C44H74O7S.Na/c1-3-5-7-9-11-13-15-17-19-21-23-25-27-29-31-33-37-50-43(45)41-36-35-40(52(47,48)49)39-42(41)44(46)51-38-34-32-30-28-26-24-22-20-18-16-14-12-10-8-6-4-2;/h5-8,35-36,39H,3-4,9-34,37-38H2,1-2H3,(H,47,48,49);/q;+1/p-1/b7-5+,8-6+;. The molecule has 53 heavy (non-hydrogen) atoms. The summed E-state index contributed by atoms with van der Waals surface area (Å²) in [7, 11) is -4.81. The molecule has 0 spiro atoms. The average Bonchev–Trinajstić information content (AvgIpc) is 3.13. The number of unbranched alkanes of at least 4 members (excludes halogenated alkanes) is 24. The van der Waals surface area contributed by atoms with Gasteiger partial charge in [-0.15, -0.1) is 0 Å². The number of carbonyl (C=O) groups is 2. The van der Waals surface area contributed by atoms with Crippen molar-refractivity contribution in [2.75, 3.05) is 13.2 Å². The van der Waals surface area contributed by atoms with E-state index in [1.165, 1.54) is 122 Å². The Morgan fingerprint density at radius 2 is 0.830 bits per heavy atom. The molecule has 0 aliphatic heterocycles. The van der Waals surface area contributed by atoms with Gasteiger partial charge >= 0.3 is 41.5 Å². The Bertz CT molecular complexity index is 1210. The minimum absolute atomic E-state index is 0. The number of esters is 2. The van der Waals surface area contributed by atoms with Crippen molar-refractivity contribution < 1.29 is 61.6 Å². The molecule has 0 amide bonds. The second-order valence-electron chi connectivity index (χ2n) is 14.3. The quantitative estimate of drug-likeness (QED) is 0.0222. The summed E-state index contributed by atoms with van der Waals surface area (Å²) >= 11 is 0. The number of rotatable bonds is 35. The SMILES string of the molecule is CC/C=C/CCCCCCCCCCCCCCOC(=O)c1ccc(S(=O)(=O)[O-])cc1C(=O)OCCCCCCCCCCCCCC/C=C/CC.[Na+]. The molecule has 0 aromatic heterocycles. The van der Waals surface area contributed by atoms with Crippen molar-refractivity contribution in [2.24, 2.45) is 0 Å². The first-order valence-electron chi connectivity index (χ1n) is 21.0. The molecule has 1 rings (SSSR count). The van der Waals surface area contributed by atoms with E-state index in [-0.39, 0.29) is 53.9 Å². The van der Waals surface area contributed by atoms with E-state index in [0.29, 0.717) is 12.8 Å². The monoisotopic (exact) mass is 768 g/mol. The third kappa shape index (κ3) is 29.5. The molecular formula is C44H73NaO7S. The van der Waals surface area contributed by atoms with Gasteiger partial charge in [-0.1, -0.05) is 167 Å². The third-order valence-electron chi connectivity index (χ3n) is 9.52. The largest absolute Gasteiger partial charge is 1.00 e. The average molecular weight is 769 g/mol. The van der Waals surface area contributed by atoms with Crippen LogP contribution in [-0.4, -0.2) is 38.1 Å². The number of carbonyl (C=O) groups excluding carboxylic acids is 2. The molecule has 0 N–H and O–H groups in total. The van der Waals surface area contributed by atoms with Crippen molar-refractivity contribution in [1.29, 1.82) is 0 Å². The van der Waals surface area contributed by atoms with Gasteiger partial charge < -0.3 is 14.0 Å². The van der Waals surface area contributed by atoms with E-state index in [0.717, 1.165) is 63.5 Å². The second kappa shape index (κ2) is 36.2. The van der Waals surface area contributed by atoms with Gasteiger partial charge in [0, 0.05) is 0 Å². The zero-order valence-electron chi connectivity index (χ0n) is 34.0. The van der Waals surface area contributed by atoms with E-state index in [9.17, 15) is 22.6 Å². The summed E-state index contributed by atoms with van der Waals surface area (Å²) in [6.07, 6.45) is 42.2. The van der Waals surface area contributed by atoms with Crippen molar-refractivity contribution in [3.05, 3.63) is 53.6 Å². The van der Waals surface area contributed by atoms with Crippen LogP contribution in [-0.2, 0) is 19.6 Å². The Hall–Kier alpha value is -1.45. The summed E-state index contributed by atoms with van der Waals surface area (Å²) in [6, 6.07) is 3.13. The van der Waals surface area contributed by atoms with Crippen LogP contribution in [0.4, 0.5) is 0 Å². The zero-order valence-corrected chi connectivity index (χ0v) is 36.8. The Morgan fingerprint density at radius 1 is 0.509 bits per heavy atom. The minimum atomic E-state index is -4.81. The predicted octanol–water partition coefficient (Wildman–Crippen LogP) is 9.98. The maximum Gasteiger partial charge on any atom is 1.00 e. The molecule has 0 aliphatic rings. The first-order chi connectivity index (χ1) is 25.3. The molecule has 298 valence electrons. The van der Waals surface area contributed by atoms with Gasteiger partial charge in [0.1, 0.15) is 10.1 Å². The van der Waals surface area contributed by atoms with Crippen LogP contribution in [0.15, 0.2) is 47.4 Å². The van der Waals surface area contributed by atoms with E-state index in [1.54, 1.807) is 0 Å². The van der Waals surface area contributed by atoms with Crippen LogP contribution in [0.3, 0.4) is 0 Å². The van der Waals surface area contributed by atoms with Gasteiger partial charge in [0.2, 0.25) is 0 Å². The van der Waals surface area contributed by atoms with Crippen molar-refractivity contribution in [2.45, 2.75) is 199 Å². The molecule has 0 radical (unpaired) electrons. The van der Waals surface area contributed by atoms with Gasteiger partial charge in [-0.05, 0) is 69.6 Å². The van der Waals surface area contributed by atoms with E-state index < -0.39 is 27.0 Å². The van der Waals surface area contributed by atoms with Crippen molar-refractivity contribution in [3.8, 4) is 0 Å². The molecule has 0 saturated carbocycles. The van der Waals surface area contributed by atoms with Gasteiger partial charge in [-0.25, -0.2) is 18.0 Å². The fourth-order valence-corrected chi connectivity index (χ4v) is 6.84. The summed E-state index contributed by atoms with van der Waals surface area (Å²) in [5, 5.41) is 0. The van der Waals surface area contributed by atoms with Crippen LogP contribution in [0.25, 0.3) is 0 Å². The first-order valence-corrected chi connectivity index (χ1v) is 22.5. The fourth-order valence-electron chi connectivity index (χ4n) is 6.34. The molecule has 0 aliphatic carbocycles. The fraction of sp³-hybridized carbons (Fsp3) is 0.727. The maximum atomic E-state index is 12.9. The number of allylic oxidation sites excluding steroid dienone is 4. The summed E-state index contributed by atoms with van der Waals surface area (Å²) < 4.78 is 45.7. The van der Waals surface area contributed by atoms with Crippen LogP contribution < -0.4 is 29.6 Å². The van der Waals surface area contributed by atoms with Crippen molar-refractivity contribution in [1.82, 2.24) is 0 Å². The number of hydrogen-bond donors (Lipinski definition) is 0. The number of ether oxygens (including phenoxy) is 2.